The van der Waals surface area contributed by atoms with Crippen molar-refractivity contribution in [3.05, 3.63) is 0 Å². The molecule has 6 nitrogen and oxygen atoms in total. The molecule has 0 fully saturated rings. The van der Waals surface area contributed by atoms with Crippen LogP contribution in [0.3, 0.4) is 0 Å². The lowest BCUT2D eigenvalue weighted by Crippen LogP contribution is -2.30. The van der Waals surface area contributed by atoms with E-state index in [-0.39, 0.29) is 12.8 Å². The molecule has 0 aromatic rings. The van der Waals surface area contributed by atoms with E-state index in [1.54, 1.807) is 0 Å². The van der Waals surface area contributed by atoms with Gasteiger partial charge in [0.2, 0.25) is 0 Å². The monoisotopic (exact) mass is 179 g/mol. The molecule has 5 N–H and O–H groups in total. The third kappa shape index (κ3) is 4.24. The Morgan fingerprint density at radius 3 is 2.42 bits per heavy atom. The highest BCUT2D eigenvalue weighted by Crippen LogP contribution is 2.02. The lowest BCUT2D eigenvalue weighted by molar-refractivity contribution is -0.145. The summed E-state index contributed by atoms with van der Waals surface area (Å²) in [6.07, 6.45) is -2.43. The van der Waals surface area contributed by atoms with Crippen molar-refractivity contribution in [1.29, 1.82) is 0 Å². The second-order valence-electron chi connectivity index (χ2n) is 2.35. The number of carbonyl (C=O) groups is 1. The lowest BCUT2D eigenvalue weighted by atomic mass is 10.1. The fourth-order valence-corrected chi connectivity index (χ4v) is 0.639. The summed E-state index contributed by atoms with van der Waals surface area (Å²) in [4.78, 5) is 14.2. The van der Waals surface area contributed by atoms with Crippen molar-refractivity contribution in [3.63, 3.8) is 0 Å². The third-order valence-corrected chi connectivity index (χ3v) is 1.41. The van der Waals surface area contributed by atoms with Crippen LogP contribution in [0, 0.1) is 0 Å². The molecule has 0 aromatic heterocycles. The second kappa shape index (κ2) is 5.90. The van der Waals surface area contributed by atoms with Crippen LogP contribution in [-0.4, -0.2) is 40.1 Å². The number of carbonyl (C=O) groups excluding carboxylic acids is 1. The van der Waals surface area contributed by atoms with Crippen LogP contribution < -0.4 is 5.90 Å². The molecule has 0 heterocycles. The Bertz CT molecular complexity index is 140. The molecule has 0 saturated heterocycles. The van der Waals surface area contributed by atoms with Crippen LogP contribution in [0.15, 0.2) is 0 Å². The summed E-state index contributed by atoms with van der Waals surface area (Å²) in [5.74, 6) is 3.86. The van der Waals surface area contributed by atoms with Gasteiger partial charge in [0.1, 0.15) is 6.10 Å². The number of hydrogen-bond acceptors (Lipinski definition) is 6. The number of rotatable bonds is 5. The molecule has 0 saturated carbocycles. The molecular weight excluding hydrogens is 166 g/mol. The van der Waals surface area contributed by atoms with Crippen LogP contribution >= 0.6 is 0 Å². The van der Waals surface area contributed by atoms with Crippen molar-refractivity contribution in [2.24, 2.45) is 5.90 Å². The van der Waals surface area contributed by atoms with Gasteiger partial charge in [-0.1, -0.05) is 0 Å². The molecule has 0 radical (unpaired) electrons. The van der Waals surface area contributed by atoms with Gasteiger partial charge in [0.15, 0.2) is 0 Å². The number of aliphatic hydroxyl groups is 3. The van der Waals surface area contributed by atoms with E-state index in [2.05, 4.69) is 10.7 Å². The topological polar surface area (TPSA) is 113 Å². The number of hydrogen-bond donors (Lipinski definition) is 4. The summed E-state index contributed by atoms with van der Waals surface area (Å²) in [6, 6.07) is 0. The minimum Gasteiger partial charge on any atom is -0.394 e. The molecule has 0 amide bonds. The van der Waals surface area contributed by atoms with Crippen LogP contribution in [-0.2, 0) is 9.63 Å². The van der Waals surface area contributed by atoms with E-state index in [9.17, 15) is 4.79 Å². The van der Waals surface area contributed by atoms with Crippen molar-refractivity contribution >= 4 is 5.97 Å². The summed E-state index contributed by atoms with van der Waals surface area (Å²) >= 11 is 0. The van der Waals surface area contributed by atoms with Gasteiger partial charge in [0.25, 0.3) is 0 Å². The van der Waals surface area contributed by atoms with Gasteiger partial charge in [-0.2, -0.15) is 5.90 Å². The molecule has 0 aliphatic rings. The molecule has 0 aliphatic heterocycles. The van der Waals surface area contributed by atoms with Crippen LogP contribution in [0.4, 0.5) is 0 Å². The normalized spacial score (nSPS) is 15.3. The second-order valence-corrected chi connectivity index (χ2v) is 2.35. The molecular formula is C6H13NO5. The third-order valence-electron chi connectivity index (χ3n) is 1.41. The Hall–Kier alpha value is -0.690. The van der Waals surface area contributed by atoms with Gasteiger partial charge in [-0.25, -0.2) is 0 Å². The first-order chi connectivity index (χ1) is 5.61. The van der Waals surface area contributed by atoms with Crippen molar-refractivity contribution in [2.45, 2.75) is 25.0 Å². The van der Waals surface area contributed by atoms with Gasteiger partial charge in [-0.3, -0.25) is 4.79 Å². The molecule has 6 heteroatoms. The molecule has 2 unspecified atom stereocenters. The summed E-state index contributed by atoms with van der Waals surface area (Å²) in [7, 11) is 0. The molecule has 72 valence electrons. The molecule has 0 bridgehead atoms. The maximum absolute atomic E-state index is 10.4. The average molecular weight is 179 g/mol. The van der Waals surface area contributed by atoms with E-state index in [0.717, 1.165) is 0 Å². The van der Waals surface area contributed by atoms with Crippen LogP contribution in [0.25, 0.3) is 0 Å². The molecule has 0 aromatic carbocycles. The smallest absolute Gasteiger partial charge is 0.324 e. The Morgan fingerprint density at radius 2 is 2.00 bits per heavy atom. The van der Waals surface area contributed by atoms with E-state index < -0.39 is 24.8 Å². The quantitative estimate of drug-likeness (QED) is 0.359. The first-order valence-corrected chi connectivity index (χ1v) is 3.48. The summed E-state index contributed by atoms with van der Waals surface area (Å²) in [6.45, 7) is -0.543. The van der Waals surface area contributed by atoms with Crippen molar-refractivity contribution in [2.75, 3.05) is 6.61 Å². The Kier molecular flexibility index (Phi) is 5.56. The predicted octanol–water partition coefficient (Wildman–Crippen LogP) is -2.10. The zero-order valence-corrected chi connectivity index (χ0v) is 6.51. The predicted molar refractivity (Wildman–Crippen MR) is 38.6 cm³/mol. The van der Waals surface area contributed by atoms with E-state index >= 15 is 0 Å². The highest BCUT2D eigenvalue weighted by atomic mass is 16.7. The standard InChI is InChI=1S/C6H13NO5/c7-12-6(11)2-1-4(9)5(10)3-8/h4-5,8-10H,1-3,7H2. The van der Waals surface area contributed by atoms with Crippen molar-refractivity contribution < 1.29 is 25.0 Å². The minimum atomic E-state index is -1.23. The summed E-state index contributed by atoms with van der Waals surface area (Å²) in [5.41, 5.74) is 0. The summed E-state index contributed by atoms with van der Waals surface area (Å²) < 4.78 is 0. The van der Waals surface area contributed by atoms with Gasteiger partial charge in [0, 0.05) is 6.42 Å². The van der Waals surface area contributed by atoms with E-state index in [1.165, 1.54) is 0 Å². The molecule has 0 aliphatic carbocycles. The van der Waals surface area contributed by atoms with Gasteiger partial charge < -0.3 is 20.2 Å². The van der Waals surface area contributed by atoms with E-state index in [4.69, 9.17) is 15.3 Å². The Balaban J connectivity index is 3.56. The Labute approximate surface area is 69.5 Å². The molecule has 12 heavy (non-hydrogen) atoms. The first-order valence-electron chi connectivity index (χ1n) is 3.48. The SMILES string of the molecule is NOC(=O)CCC(O)C(O)CO. The first kappa shape index (κ1) is 11.3. The van der Waals surface area contributed by atoms with Gasteiger partial charge in [-0.15, -0.1) is 0 Å². The Morgan fingerprint density at radius 1 is 1.42 bits per heavy atom. The summed E-state index contributed by atoms with van der Waals surface area (Å²) in [5, 5.41) is 26.2. The fraction of sp³-hybridized carbons (Fsp3) is 0.833. The number of aliphatic hydroxyl groups excluding tert-OH is 3. The molecule has 0 rings (SSSR count). The van der Waals surface area contributed by atoms with Crippen LogP contribution in [0.2, 0.25) is 0 Å². The maximum Gasteiger partial charge on any atom is 0.324 e. The largest absolute Gasteiger partial charge is 0.394 e. The maximum atomic E-state index is 10.4. The lowest BCUT2D eigenvalue weighted by Gasteiger charge is -2.13. The van der Waals surface area contributed by atoms with Gasteiger partial charge >= 0.3 is 5.97 Å². The average Bonchev–Trinajstić information content (AvgIpc) is 2.11. The van der Waals surface area contributed by atoms with Crippen LogP contribution in [0.1, 0.15) is 12.8 Å². The number of nitrogens with two attached hydrogens (primary N) is 1. The highest BCUT2D eigenvalue weighted by Gasteiger charge is 2.16. The zero-order chi connectivity index (χ0) is 9.56. The van der Waals surface area contributed by atoms with Crippen molar-refractivity contribution in [3.8, 4) is 0 Å². The van der Waals surface area contributed by atoms with Gasteiger partial charge in [0.05, 0.1) is 12.7 Å². The fourth-order valence-electron chi connectivity index (χ4n) is 0.639. The molecule has 2 atom stereocenters. The molecule has 0 spiro atoms. The highest BCUT2D eigenvalue weighted by molar-refractivity contribution is 5.68. The van der Waals surface area contributed by atoms with Crippen LogP contribution in [0.5, 0.6) is 0 Å². The minimum absolute atomic E-state index is 0.0117. The van der Waals surface area contributed by atoms with E-state index in [0.29, 0.717) is 0 Å². The van der Waals surface area contributed by atoms with E-state index in [1.807, 2.05) is 0 Å². The zero-order valence-electron chi connectivity index (χ0n) is 6.51. The van der Waals surface area contributed by atoms with Gasteiger partial charge in [-0.05, 0) is 6.42 Å². The van der Waals surface area contributed by atoms with Crippen molar-refractivity contribution in [1.82, 2.24) is 0 Å².